The summed E-state index contributed by atoms with van der Waals surface area (Å²) in [6.45, 7) is 0. The predicted octanol–water partition coefficient (Wildman–Crippen LogP) is 5.59. The van der Waals surface area contributed by atoms with Gasteiger partial charge in [0.2, 0.25) is 0 Å². The summed E-state index contributed by atoms with van der Waals surface area (Å²) in [6, 6.07) is 27.7. The molecule has 0 radical (unpaired) electrons. The van der Waals surface area contributed by atoms with Crippen LogP contribution < -0.4 is 5.32 Å². The number of nitrogens with one attached hydrogen (secondary N) is 2. The molecular formula is C23H19N3O2. The Hall–Kier alpha value is -3.86. The molecule has 0 atom stereocenters. The van der Waals surface area contributed by atoms with Crippen molar-refractivity contribution in [3.63, 3.8) is 0 Å². The van der Waals surface area contributed by atoms with E-state index in [9.17, 15) is 4.79 Å². The maximum Gasteiger partial charge on any atom is 0.411 e. The van der Waals surface area contributed by atoms with Gasteiger partial charge in [0.25, 0.3) is 0 Å². The maximum atomic E-state index is 11.3. The Balaban J connectivity index is 1.74. The number of hydrogen-bond donors (Lipinski definition) is 2. The van der Waals surface area contributed by atoms with Crippen molar-refractivity contribution in [1.29, 1.82) is 0 Å². The standard InChI is InChI=1S/C23H19N3O2/c1-28-23(27)24-19-14-12-18(13-15-19)22-25-20(16-8-4-2-5-9-16)21(26-22)17-10-6-3-7-11-17/h2-15H,1H3,(H,24,27)(H,25,26). The maximum absolute atomic E-state index is 11.3. The third-order valence-corrected chi connectivity index (χ3v) is 4.40. The number of aromatic amines is 1. The number of carbonyl (C=O) groups is 1. The van der Waals surface area contributed by atoms with Gasteiger partial charge in [0.05, 0.1) is 18.5 Å². The van der Waals surface area contributed by atoms with Crippen molar-refractivity contribution in [3.8, 4) is 33.9 Å². The second-order valence-corrected chi connectivity index (χ2v) is 6.23. The normalized spacial score (nSPS) is 10.5. The van der Waals surface area contributed by atoms with Gasteiger partial charge in [0.1, 0.15) is 5.82 Å². The second-order valence-electron chi connectivity index (χ2n) is 6.23. The van der Waals surface area contributed by atoms with Gasteiger partial charge in [-0.15, -0.1) is 0 Å². The van der Waals surface area contributed by atoms with Crippen LogP contribution in [-0.2, 0) is 4.74 Å². The number of methoxy groups -OCH3 is 1. The molecule has 0 fully saturated rings. The molecule has 0 unspecified atom stereocenters. The van der Waals surface area contributed by atoms with Crippen LogP contribution in [0.3, 0.4) is 0 Å². The van der Waals surface area contributed by atoms with E-state index in [-0.39, 0.29) is 0 Å². The van der Waals surface area contributed by atoms with Crippen LogP contribution in [0.25, 0.3) is 33.9 Å². The fourth-order valence-electron chi connectivity index (χ4n) is 3.01. The molecule has 0 spiro atoms. The van der Waals surface area contributed by atoms with Crippen LogP contribution in [0.15, 0.2) is 84.9 Å². The number of anilines is 1. The van der Waals surface area contributed by atoms with Gasteiger partial charge in [-0.2, -0.15) is 0 Å². The van der Waals surface area contributed by atoms with E-state index in [0.29, 0.717) is 5.69 Å². The predicted molar refractivity (Wildman–Crippen MR) is 111 cm³/mol. The highest BCUT2D eigenvalue weighted by molar-refractivity contribution is 5.85. The molecule has 4 aromatic rings. The van der Waals surface area contributed by atoms with Crippen molar-refractivity contribution in [1.82, 2.24) is 9.97 Å². The lowest BCUT2D eigenvalue weighted by molar-refractivity contribution is 0.187. The van der Waals surface area contributed by atoms with E-state index in [1.54, 1.807) is 0 Å². The number of ether oxygens (including phenoxy) is 1. The van der Waals surface area contributed by atoms with Crippen LogP contribution in [0.4, 0.5) is 10.5 Å². The number of amides is 1. The van der Waals surface area contributed by atoms with E-state index in [0.717, 1.165) is 33.9 Å². The molecule has 4 rings (SSSR count). The van der Waals surface area contributed by atoms with Crippen LogP contribution >= 0.6 is 0 Å². The zero-order chi connectivity index (χ0) is 19.3. The summed E-state index contributed by atoms with van der Waals surface area (Å²) in [5, 5.41) is 2.65. The van der Waals surface area contributed by atoms with E-state index in [4.69, 9.17) is 4.98 Å². The lowest BCUT2D eigenvalue weighted by Gasteiger charge is -2.04. The molecule has 0 saturated carbocycles. The lowest BCUT2D eigenvalue weighted by atomic mass is 10.1. The number of carbonyl (C=O) groups excluding carboxylic acids is 1. The largest absolute Gasteiger partial charge is 0.453 e. The van der Waals surface area contributed by atoms with E-state index in [2.05, 4.69) is 39.3 Å². The van der Waals surface area contributed by atoms with E-state index in [1.165, 1.54) is 7.11 Å². The highest BCUT2D eigenvalue weighted by atomic mass is 16.5. The zero-order valence-corrected chi connectivity index (χ0v) is 15.3. The summed E-state index contributed by atoms with van der Waals surface area (Å²) in [4.78, 5) is 19.7. The summed E-state index contributed by atoms with van der Waals surface area (Å²) >= 11 is 0. The van der Waals surface area contributed by atoms with Crippen LogP contribution in [-0.4, -0.2) is 23.2 Å². The summed E-state index contributed by atoms with van der Waals surface area (Å²) in [6.07, 6.45) is -0.497. The van der Waals surface area contributed by atoms with Gasteiger partial charge in [-0.1, -0.05) is 60.7 Å². The zero-order valence-electron chi connectivity index (χ0n) is 15.3. The minimum absolute atomic E-state index is 0.497. The van der Waals surface area contributed by atoms with Gasteiger partial charge >= 0.3 is 6.09 Å². The summed E-state index contributed by atoms with van der Waals surface area (Å²) in [5.41, 5.74) is 5.58. The van der Waals surface area contributed by atoms with Crippen LogP contribution in [0.2, 0.25) is 0 Å². The first-order valence-electron chi connectivity index (χ1n) is 8.91. The molecule has 138 valence electrons. The Morgan fingerprint density at radius 3 is 2.04 bits per heavy atom. The van der Waals surface area contributed by atoms with Crippen molar-refractivity contribution in [2.24, 2.45) is 0 Å². The van der Waals surface area contributed by atoms with Crippen molar-refractivity contribution in [2.75, 3.05) is 12.4 Å². The molecule has 1 aromatic heterocycles. The first-order chi connectivity index (χ1) is 13.7. The minimum atomic E-state index is -0.497. The average molecular weight is 369 g/mol. The number of nitrogens with zero attached hydrogens (tertiary/aromatic N) is 1. The molecule has 3 aromatic carbocycles. The molecule has 0 aliphatic carbocycles. The molecule has 2 N–H and O–H groups in total. The Morgan fingerprint density at radius 2 is 1.43 bits per heavy atom. The number of rotatable bonds is 4. The number of aromatic nitrogens is 2. The molecule has 0 saturated heterocycles. The average Bonchev–Trinajstić information content (AvgIpc) is 3.21. The summed E-state index contributed by atoms with van der Waals surface area (Å²) in [5.74, 6) is 0.766. The molecule has 1 amide bonds. The Morgan fingerprint density at radius 1 is 0.821 bits per heavy atom. The quantitative estimate of drug-likeness (QED) is 0.493. The number of imidazole rings is 1. The summed E-state index contributed by atoms with van der Waals surface area (Å²) < 4.78 is 4.62. The highest BCUT2D eigenvalue weighted by Crippen LogP contribution is 2.33. The van der Waals surface area contributed by atoms with Gasteiger partial charge in [-0.25, -0.2) is 9.78 Å². The van der Waals surface area contributed by atoms with Crippen LogP contribution in [0.1, 0.15) is 0 Å². The van der Waals surface area contributed by atoms with E-state index < -0.39 is 6.09 Å². The first kappa shape index (κ1) is 17.5. The van der Waals surface area contributed by atoms with Gasteiger partial charge in [-0.05, 0) is 24.3 Å². The van der Waals surface area contributed by atoms with Crippen molar-refractivity contribution >= 4 is 11.8 Å². The molecule has 0 aliphatic heterocycles. The Labute approximate surface area is 163 Å². The number of benzene rings is 3. The van der Waals surface area contributed by atoms with E-state index >= 15 is 0 Å². The number of hydrogen-bond acceptors (Lipinski definition) is 3. The van der Waals surface area contributed by atoms with Gasteiger partial charge < -0.3 is 9.72 Å². The fraction of sp³-hybridized carbons (Fsp3) is 0.0435. The van der Waals surface area contributed by atoms with Crippen molar-refractivity contribution in [2.45, 2.75) is 0 Å². The molecular weight excluding hydrogens is 350 g/mol. The van der Waals surface area contributed by atoms with Crippen LogP contribution in [0.5, 0.6) is 0 Å². The Bertz CT molecular complexity index is 1020. The first-order valence-corrected chi connectivity index (χ1v) is 8.91. The molecule has 28 heavy (non-hydrogen) atoms. The Kier molecular flexibility index (Phi) is 4.89. The SMILES string of the molecule is COC(=O)Nc1ccc(-c2nc(-c3ccccc3)c(-c3ccccc3)[nH]2)cc1. The molecule has 0 bridgehead atoms. The fourth-order valence-corrected chi connectivity index (χ4v) is 3.01. The summed E-state index contributed by atoms with van der Waals surface area (Å²) in [7, 11) is 1.34. The number of H-pyrrole nitrogens is 1. The van der Waals surface area contributed by atoms with Gasteiger partial charge in [0.15, 0.2) is 0 Å². The van der Waals surface area contributed by atoms with Crippen molar-refractivity contribution < 1.29 is 9.53 Å². The highest BCUT2D eigenvalue weighted by Gasteiger charge is 2.15. The van der Waals surface area contributed by atoms with Crippen molar-refractivity contribution in [3.05, 3.63) is 84.9 Å². The van der Waals surface area contributed by atoms with E-state index in [1.807, 2.05) is 60.7 Å². The third kappa shape index (κ3) is 3.64. The molecule has 1 heterocycles. The topological polar surface area (TPSA) is 67.0 Å². The molecule has 0 aliphatic rings. The smallest absolute Gasteiger partial charge is 0.411 e. The monoisotopic (exact) mass is 369 g/mol. The van der Waals surface area contributed by atoms with Gasteiger partial charge in [0, 0.05) is 22.4 Å². The van der Waals surface area contributed by atoms with Crippen LogP contribution in [0, 0.1) is 0 Å². The molecule has 5 nitrogen and oxygen atoms in total. The van der Waals surface area contributed by atoms with Gasteiger partial charge in [-0.3, -0.25) is 5.32 Å². The second kappa shape index (κ2) is 7.80. The molecule has 5 heteroatoms. The minimum Gasteiger partial charge on any atom is -0.453 e. The third-order valence-electron chi connectivity index (χ3n) is 4.40. The lowest BCUT2D eigenvalue weighted by Crippen LogP contribution is -2.10.